The van der Waals surface area contributed by atoms with Crippen LogP contribution in [0.3, 0.4) is 0 Å². The van der Waals surface area contributed by atoms with Crippen LogP contribution < -0.4 is 24.4 Å². The van der Waals surface area contributed by atoms with Crippen LogP contribution >= 0.6 is 11.6 Å². The summed E-state index contributed by atoms with van der Waals surface area (Å²) in [5, 5.41) is 4.77. The van der Waals surface area contributed by atoms with Crippen molar-refractivity contribution < 1.29 is 18.9 Å². The van der Waals surface area contributed by atoms with E-state index in [9.17, 15) is 0 Å². The smallest absolute Gasteiger partial charge is 0.179 e. The van der Waals surface area contributed by atoms with E-state index in [4.69, 9.17) is 30.5 Å². The number of halogens is 1. The third kappa shape index (κ3) is 5.96. The van der Waals surface area contributed by atoms with Gasteiger partial charge in [-0.25, -0.2) is 0 Å². The molecule has 0 spiro atoms. The maximum atomic E-state index is 6.36. The second-order valence-electron chi connectivity index (χ2n) is 5.89. The lowest BCUT2D eigenvalue weighted by Gasteiger charge is -2.13. The molecular weight excluding hydrogens is 380 g/mol. The van der Waals surface area contributed by atoms with Crippen LogP contribution in [-0.2, 0) is 6.54 Å². The molecule has 0 radical (unpaired) electrons. The van der Waals surface area contributed by atoms with Gasteiger partial charge in [-0.1, -0.05) is 24.6 Å². The molecule has 0 saturated carbocycles. The number of nitrogens with zero attached hydrogens (tertiary/aromatic N) is 1. The molecule has 0 aliphatic heterocycles. The fourth-order valence-corrected chi connectivity index (χ4v) is 2.79. The quantitative estimate of drug-likeness (QED) is 0.434. The first-order valence-electron chi connectivity index (χ1n) is 9.18. The molecule has 7 heteroatoms. The summed E-state index contributed by atoms with van der Waals surface area (Å²) in [6.45, 7) is 5.61. The summed E-state index contributed by atoms with van der Waals surface area (Å²) in [5.74, 6) is 2.56. The highest BCUT2D eigenvalue weighted by Gasteiger charge is 2.12. The van der Waals surface area contributed by atoms with Crippen LogP contribution in [0.2, 0.25) is 5.02 Å². The highest BCUT2D eigenvalue weighted by Crippen LogP contribution is 2.36. The molecule has 152 valence electrons. The van der Waals surface area contributed by atoms with Crippen molar-refractivity contribution >= 4 is 17.8 Å². The monoisotopic (exact) mass is 406 g/mol. The van der Waals surface area contributed by atoms with E-state index < -0.39 is 0 Å². The summed E-state index contributed by atoms with van der Waals surface area (Å²) in [5.41, 5.74) is 4.85. The molecular formula is C21H27ClN2O4. The Labute approximate surface area is 171 Å². The van der Waals surface area contributed by atoms with E-state index in [1.807, 2.05) is 38.1 Å². The van der Waals surface area contributed by atoms with Gasteiger partial charge in [0.05, 0.1) is 45.2 Å². The summed E-state index contributed by atoms with van der Waals surface area (Å²) in [4.78, 5) is 0. The Morgan fingerprint density at radius 1 is 1.00 bits per heavy atom. The Morgan fingerprint density at radius 2 is 1.79 bits per heavy atom. The highest BCUT2D eigenvalue weighted by atomic mass is 35.5. The van der Waals surface area contributed by atoms with Gasteiger partial charge < -0.3 is 24.4 Å². The third-order valence-electron chi connectivity index (χ3n) is 3.82. The van der Waals surface area contributed by atoms with Gasteiger partial charge in [-0.15, -0.1) is 0 Å². The zero-order chi connectivity index (χ0) is 20.4. The lowest BCUT2D eigenvalue weighted by atomic mass is 10.2. The maximum absolute atomic E-state index is 6.36. The van der Waals surface area contributed by atoms with Gasteiger partial charge in [-0.2, -0.15) is 5.10 Å². The summed E-state index contributed by atoms with van der Waals surface area (Å²) < 4.78 is 21.9. The molecule has 2 aromatic rings. The number of hydrogen-bond acceptors (Lipinski definition) is 6. The molecule has 0 aromatic heterocycles. The first-order valence-corrected chi connectivity index (χ1v) is 9.56. The summed E-state index contributed by atoms with van der Waals surface area (Å²) in [6.07, 6.45) is 2.59. The molecule has 0 aliphatic rings. The number of benzene rings is 2. The second-order valence-corrected chi connectivity index (χ2v) is 6.30. The van der Waals surface area contributed by atoms with E-state index in [1.165, 1.54) is 0 Å². The molecule has 2 rings (SSSR count). The Kier molecular flexibility index (Phi) is 8.75. The van der Waals surface area contributed by atoms with E-state index in [-0.39, 0.29) is 0 Å². The molecule has 0 fully saturated rings. The topological polar surface area (TPSA) is 61.3 Å². The standard InChI is InChI=1S/C21H27ClN2O4/c1-5-9-28-21-17(22)10-16(12-20(21)27-6-2)14-24-23-13-15-7-8-18(25-3)19(11-15)26-4/h7-8,10-12,14,23H,5-6,9,13H2,1-4H3/b24-14-. The number of hydrogen-bond donors (Lipinski definition) is 1. The molecule has 0 aliphatic carbocycles. The van der Waals surface area contributed by atoms with Crippen molar-refractivity contribution in [2.45, 2.75) is 26.8 Å². The predicted molar refractivity (Wildman–Crippen MR) is 112 cm³/mol. The number of nitrogens with one attached hydrogen (secondary N) is 1. The van der Waals surface area contributed by atoms with Gasteiger partial charge in [0, 0.05) is 0 Å². The van der Waals surface area contributed by atoms with Crippen molar-refractivity contribution in [3.05, 3.63) is 46.5 Å². The van der Waals surface area contributed by atoms with Crippen LogP contribution in [0.4, 0.5) is 0 Å². The second kappa shape index (κ2) is 11.3. The number of hydrazone groups is 1. The predicted octanol–water partition coefficient (Wildman–Crippen LogP) is 4.67. The third-order valence-corrected chi connectivity index (χ3v) is 4.10. The van der Waals surface area contributed by atoms with Crippen LogP contribution in [0, 0.1) is 0 Å². The molecule has 6 nitrogen and oxygen atoms in total. The molecule has 0 unspecified atom stereocenters. The van der Waals surface area contributed by atoms with E-state index in [0.717, 1.165) is 17.5 Å². The van der Waals surface area contributed by atoms with Gasteiger partial charge in [0.1, 0.15) is 0 Å². The van der Waals surface area contributed by atoms with Gasteiger partial charge in [-0.3, -0.25) is 0 Å². The average Bonchev–Trinajstić information content (AvgIpc) is 2.70. The van der Waals surface area contributed by atoms with Crippen LogP contribution in [0.15, 0.2) is 35.4 Å². The molecule has 28 heavy (non-hydrogen) atoms. The first kappa shape index (κ1) is 21.7. The minimum Gasteiger partial charge on any atom is -0.493 e. The maximum Gasteiger partial charge on any atom is 0.179 e. The van der Waals surface area contributed by atoms with Crippen LogP contribution in [0.1, 0.15) is 31.4 Å². The fourth-order valence-electron chi connectivity index (χ4n) is 2.52. The minimum absolute atomic E-state index is 0.501. The lowest BCUT2D eigenvalue weighted by Crippen LogP contribution is -2.06. The Balaban J connectivity index is 2.05. The zero-order valence-electron chi connectivity index (χ0n) is 16.8. The van der Waals surface area contributed by atoms with Crippen molar-refractivity contribution in [2.24, 2.45) is 5.10 Å². The van der Waals surface area contributed by atoms with Crippen molar-refractivity contribution in [3.63, 3.8) is 0 Å². The van der Waals surface area contributed by atoms with Crippen molar-refractivity contribution in [2.75, 3.05) is 27.4 Å². The van der Waals surface area contributed by atoms with Crippen LogP contribution in [0.25, 0.3) is 0 Å². The highest BCUT2D eigenvalue weighted by molar-refractivity contribution is 6.32. The summed E-state index contributed by atoms with van der Waals surface area (Å²) in [7, 11) is 3.22. The lowest BCUT2D eigenvalue weighted by molar-refractivity contribution is 0.277. The number of rotatable bonds is 11. The molecule has 0 bridgehead atoms. The Bertz CT molecular complexity index is 796. The van der Waals surface area contributed by atoms with Gasteiger partial charge in [0.25, 0.3) is 0 Å². The zero-order valence-corrected chi connectivity index (χ0v) is 17.5. The molecule has 1 N–H and O–H groups in total. The van der Waals surface area contributed by atoms with Crippen LogP contribution in [0.5, 0.6) is 23.0 Å². The van der Waals surface area contributed by atoms with Crippen LogP contribution in [-0.4, -0.2) is 33.6 Å². The number of methoxy groups -OCH3 is 2. The molecule has 2 aromatic carbocycles. The minimum atomic E-state index is 0.501. The molecule has 0 atom stereocenters. The van der Waals surface area contributed by atoms with E-state index in [1.54, 1.807) is 26.5 Å². The van der Waals surface area contributed by atoms with E-state index >= 15 is 0 Å². The van der Waals surface area contributed by atoms with Crippen molar-refractivity contribution in [1.29, 1.82) is 0 Å². The fraction of sp³-hybridized carbons (Fsp3) is 0.381. The van der Waals surface area contributed by atoms with Crippen molar-refractivity contribution in [3.8, 4) is 23.0 Å². The van der Waals surface area contributed by atoms with E-state index in [2.05, 4.69) is 10.5 Å². The SMILES string of the molecule is CCCOc1c(Cl)cc(/C=N\NCc2ccc(OC)c(OC)c2)cc1OCC. The molecule has 0 saturated heterocycles. The molecule has 0 amide bonds. The van der Waals surface area contributed by atoms with Crippen molar-refractivity contribution in [1.82, 2.24) is 5.43 Å². The Morgan fingerprint density at radius 3 is 2.46 bits per heavy atom. The molecule has 0 heterocycles. The van der Waals surface area contributed by atoms with Gasteiger partial charge in [0.15, 0.2) is 23.0 Å². The Hall–Kier alpha value is -2.60. The summed E-state index contributed by atoms with van der Waals surface area (Å²) in [6, 6.07) is 9.39. The largest absolute Gasteiger partial charge is 0.493 e. The average molecular weight is 407 g/mol. The van der Waals surface area contributed by atoms with Gasteiger partial charge >= 0.3 is 0 Å². The summed E-state index contributed by atoms with van der Waals surface area (Å²) >= 11 is 6.36. The number of ether oxygens (including phenoxy) is 4. The first-order chi connectivity index (χ1) is 13.6. The normalized spacial score (nSPS) is 10.8. The van der Waals surface area contributed by atoms with E-state index in [0.29, 0.717) is 47.8 Å². The van der Waals surface area contributed by atoms with Gasteiger partial charge in [-0.05, 0) is 48.7 Å². The van der Waals surface area contributed by atoms with Gasteiger partial charge in [0.2, 0.25) is 0 Å².